The zero-order valence-corrected chi connectivity index (χ0v) is 6.29. The number of aliphatic hydroxyl groups is 1. The third kappa shape index (κ3) is 2.48. The number of aliphatic carboxylic acids is 1. The molecular weight excluding hydrogens is 146 g/mol. The van der Waals surface area contributed by atoms with Gasteiger partial charge in [-0.3, -0.25) is 4.79 Å². The van der Waals surface area contributed by atoms with E-state index in [0.717, 1.165) is 13.0 Å². The molecule has 3 N–H and O–H groups in total. The summed E-state index contributed by atoms with van der Waals surface area (Å²) in [6, 6.07) is 0. The molecule has 0 amide bonds. The van der Waals surface area contributed by atoms with Gasteiger partial charge in [-0.05, 0) is 18.9 Å². The van der Waals surface area contributed by atoms with Gasteiger partial charge in [0.1, 0.15) is 0 Å². The summed E-state index contributed by atoms with van der Waals surface area (Å²) in [5.74, 6) is -0.885. The molecule has 1 aliphatic heterocycles. The Morgan fingerprint density at radius 2 is 2.36 bits per heavy atom. The highest BCUT2D eigenvalue weighted by atomic mass is 16.4. The van der Waals surface area contributed by atoms with E-state index in [1.165, 1.54) is 0 Å². The van der Waals surface area contributed by atoms with Gasteiger partial charge in [-0.25, -0.2) is 0 Å². The van der Waals surface area contributed by atoms with Crippen LogP contribution in [0.4, 0.5) is 0 Å². The molecule has 1 saturated heterocycles. The van der Waals surface area contributed by atoms with Gasteiger partial charge in [0, 0.05) is 6.54 Å². The Morgan fingerprint density at radius 1 is 1.64 bits per heavy atom. The molecular formula is C7H13NO3. The molecule has 0 unspecified atom stereocenters. The predicted octanol–water partition coefficient (Wildman–Crippen LogP) is -0.569. The lowest BCUT2D eigenvalue weighted by Crippen LogP contribution is -2.41. The number of carboxylic acid groups (broad SMARTS) is 1. The van der Waals surface area contributed by atoms with Crippen molar-refractivity contribution in [2.24, 2.45) is 5.92 Å². The Labute approximate surface area is 65.2 Å². The molecule has 4 heteroatoms. The molecule has 0 aliphatic carbocycles. The van der Waals surface area contributed by atoms with Crippen molar-refractivity contribution in [2.75, 3.05) is 13.1 Å². The molecule has 64 valence electrons. The van der Waals surface area contributed by atoms with Gasteiger partial charge in [0.15, 0.2) is 0 Å². The van der Waals surface area contributed by atoms with Crippen molar-refractivity contribution >= 4 is 5.97 Å². The van der Waals surface area contributed by atoms with E-state index in [4.69, 9.17) is 5.11 Å². The lowest BCUT2D eigenvalue weighted by atomic mass is 9.92. The molecule has 1 heterocycles. The minimum absolute atomic E-state index is 0.0613. The average Bonchev–Trinajstić information content (AvgIpc) is 1.93. The first kappa shape index (κ1) is 8.49. The second-order valence-corrected chi connectivity index (χ2v) is 2.92. The highest BCUT2D eigenvalue weighted by Crippen LogP contribution is 2.15. The first-order chi connectivity index (χ1) is 5.20. The first-order valence-electron chi connectivity index (χ1n) is 3.80. The van der Waals surface area contributed by atoms with Crippen LogP contribution in [0.1, 0.15) is 12.8 Å². The summed E-state index contributed by atoms with van der Waals surface area (Å²) in [4.78, 5) is 10.3. The lowest BCUT2D eigenvalue weighted by Gasteiger charge is -2.26. The molecule has 11 heavy (non-hydrogen) atoms. The summed E-state index contributed by atoms with van der Waals surface area (Å²) in [7, 11) is 0. The van der Waals surface area contributed by atoms with E-state index < -0.39 is 12.1 Å². The minimum atomic E-state index is -0.823. The van der Waals surface area contributed by atoms with Crippen LogP contribution in [-0.2, 0) is 4.79 Å². The van der Waals surface area contributed by atoms with Crippen molar-refractivity contribution in [3.05, 3.63) is 0 Å². The Hall–Kier alpha value is -0.610. The van der Waals surface area contributed by atoms with Gasteiger partial charge in [-0.1, -0.05) is 0 Å². The Morgan fingerprint density at radius 3 is 2.91 bits per heavy atom. The van der Waals surface area contributed by atoms with Crippen molar-refractivity contribution in [2.45, 2.75) is 18.9 Å². The number of carbonyl (C=O) groups is 1. The molecule has 0 aromatic carbocycles. The van der Waals surface area contributed by atoms with Gasteiger partial charge in [0.25, 0.3) is 0 Å². The number of β-amino-alcohol motifs (C(OH)–C–C–N with tert-alkyl or cyclic N) is 1. The largest absolute Gasteiger partial charge is 0.481 e. The fraction of sp³-hybridized carbons (Fsp3) is 0.857. The summed E-state index contributed by atoms with van der Waals surface area (Å²) in [5, 5.41) is 20.7. The molecule has 1 fully saturated rings. The number of hydrogen-bond donors (Lipinski definition) is 3. The highest BCUT2D eigenvalue weighted by molar-refractivity contribution is 5.67. The van der Waals surface area contributed by atoms with Crippen LogP contribution in [0.15, 0.2) is 0 Å². The van der Waals surface area contributed by atoms with Crippen LogP contribution in [-0.4, -0.2) is 35.4 Å². The zero-order valence-electron chi connectivity index (χ0n) is 6.29. The standard InChI is InChI=1S/C7H13NO3/c9-6-4-8-2-1-5(6)3-7(10)11/h5-6,8-9H,1-4H2,(H,10,11)/t5-,6-/m1/s1. The second-order valence-electron chi connectivity index (χ2n) is 2.92. The molecule has 0 spiro atoms. The fourth-order valence-corrected chi connectivity index (χ4v) is 1.36. The number of nitrogens with one attached hydrogen (secondary N) is 1. The molecule has 0 aromatic heterocycles. The van der Waals surface area contributed by atoms with Gasteiger partial charge in [-0.15, -0.1) is 0 Å². The number of piperidine rings is 1. The number of aliphatic hydroxyl groups excluding tert-OH is 1. The van der Waals surface area contributed by atoms with Crippen LogP contribution in [0.5, 0.6) is 0 Å². The molecule has 1 rings (SSSR count). The van der Waals surface area contributed by atoms with Crippen LogP contribution in [0.2, 0.25) is 0 Å². The minimum Gasteiger partial charge on any atom is -0.481 e. The molecule has 0 aromatic rings. The normalized spacial score (nSPS) is 31.7. The maximum Gasteiger partial charge on any atom is 0.303 e. The Kier molecular flexibility index (Phi) is 2.84. The molecule has 0 saturated carbocycles. The summed E-state index contributed by atoms with van der Waals surface area (Å²) in [6.07, 6.45) is 0.357. The molecule has 4 nitrogen and oxygen atoms in total. The maximum absolute atomic E-state index is 10.3. The van der Waals surface area contributed by atoms with Gasteiger partial charge < -0.3 is 15.5 Å². The van der Waals surface area contributed by atoms with E-state index in [-0.39, 0.29) is 12.3 Å². The van der Waals surface area contributed by atoms with Gasteiger partial charge in [0.05, 0.1) is 12.5 Å². The van der Waals surface area contributed by atoms with E-state index in [0.29, 0.717) is 6.54 Å². The molecule has 2 atom stereocenters. The average molecular weight is 159 g/mol. The summed E-state index contributed by atoms with van der Waals surface area (Å²) in [6.45, 7) is 1.34. The third-order valence-electron chi connectivity index (χ3n) is 2.03. The number of hydrogen-bond acceptors (Lipinski definition) is 3. The van der Waals surface area contributed by atoms with Crippen molar-refractivity contribution in [3.8, 4) is 0 Å². The zero-order chi connectivity index (χ0) is 8.27. The summed E-state index contributed by atoms with van der Waals surface area (Å²) in [5.41, 5.74) is 0. The van der Waals surface area contributed by atoms with Gasteiger partial charge in [-0.2, -0.15) is 0 Å². The van der Waals surface area contributed by atoms with Crippen molar-refractivity contribution in [1.29, 1.82) is 0 Å². The smallest absolute Gasteiger partial charge is 0.303 e. The second kappa shape index (κ2) is 3.69. The van der Waals surface area contributed by atoms with Crippen LogP contribution in [0.25, 0.3) is 0 Å². The van der Waals surface area contributed by atoms with Crippen LogP contribution < -0.4 is 5.32 Å². The number of carboxylic acids is 1. The highest BCUT2D eigenvalue weighted by Gasteiger charge is 2.24. The van der Waals surface area contributed by atoms with Crippen LogP contribution in [0.3, 0.4) is 0 Å². The fourth-order valence-electron chi connectivity index (χ4n) is 1.36. The molecule has 1 aliphatic rings. The van der Waals surface area contributed by atoms with E-state index in [1.54, 1.807) is 0 Å². The molecule has 0 radical (unpaired) electrons. The SMILES string of the molecule is O=C(O)C[C@H]1CCNC[C@H]1O. The quantitative estimate of drug-likeness (QED) is 0.504. The lowest BCUT2D eigenvalue weighted by molar-refractivity contribution is -0.139. The van der Waals surface area contributed by atoms with E-state index in [9.17, 15) is 9.90 Å². The Balaban J connectivity index is 2.35. The maximum atomic E-state index is 10.3. The van der Waals surface area contributed by atoms with E-state index >= 15 is 0 Å². The topological polar surface area (TPSA) is 69.6 Å². The van der Waals surface area contributed by atoms with E-state index in [2.05, 4.69) is 5.32 Å². The van der Waals surface area contributed by atoms with Gasteiger partial charge >= 0.3 is 5.97 Å². The van der Waals surface area contributed by atoms with Crippen LogP contribution in [0, 0.1) is 5.92 Å². The predicted molar refractivity (Wildman–Crippen MR) is 39.2 cm³/mol. The van der Waals surface area contributed by atoms with Crippen molar-refractivity contribution in [1.82, 2.24) is 5.32 Å². The summed E-state index contributed by atoms with van der Waals surface area (Å²) >= 11 is 0. The third-order valence-corrected chi connectivity index (χ3v) is 2.03. The Bertz CT molecular complexity index is 149. The number of rotatable bonds is 2. The molecule has 0 bridgehead atoms. The van der Waals surface area contributed by atoms with Crippen molar-refractivity contribution in [3.63, 3.8) is 0 Å². The monoisotopic (exact) mass is 159 g/mol. The van der Waals surface area contributed by atoms with E-state index in [1.807, 2.05) is 0 Å². The van der Waals surface area contributed by atoms with Gasteiger partial charge in [0.2, 0.25) is 0 Å². The summed E-state index contributed by atoms with van der Waals surface area (Å²) < 4.78 is 0. The first-order valence-corrected chi connectivity index (χ1v) is 3.80. The van der Waals surface area contributed by atoms with Crippen LogP contribution >= 0.6 is 0 Å². The van der Waals surface area contributed by atoms with Crippen molar-refractivity contribution < 1.29 is 15.0 Å².